The van der Waals surface area contributed by atoms with Crippen LogP contribution in [0.15, 0.2) is 18.2 Å². The second-order valence-electron chi connectivity index (χ2n) is 4.98. The Balaban J connectivity index is 1.80. The molecule has 2 rings (SSSR count). The van der Waals surface area contributed by atoms with Crippen LogP contribution in [0.5, 0.6) is 5.75 Å². The van der Waals surface area contributed by atoms with E-state index in [-0.39, 0.29) is 5.91 Å². The van der Waals surface area contributed by atoms with Crippen molar-refractivity contribution in [1.82, 2.24) is 0 Å². The zero-order valence-corrected chi connectivity index (χ0v) is 11.4. The molecule has 1 atom stereocenters. The van der Waals surface area contributed by atoms with Crippen LogP contribution in [0.25, 0.3) is 0 Å². The van der Waals surface area contributed by atoms with E-state index in [1.807, 2.05) is 18.2 Å². The SMILES string of the molecule is CCCCCCCOc1ccc2c(c1)NC(=O)C2N. The molecule has 0 aliphatic carbocycles. The Bertz CT molecular complexity index is 446. The molecule has 1 heterocycles. The fourth-order valence-corrected chi connectivity index (χ4v) is 2.25. The van der Waals surface area contributed by atoms with Crippen molar-refractivity contribution in [3.05, 3.63) is 23.8 Å². The van der Waals surface area contributed by atoms with Gasteiger partial charge in [-0.3, -0.25) is 4.79 Å². The van der Waals surface area contributed by atoms with Crippen molar-refractivity contribution in [2.24, 2.45) is 5.73 Å². The molecule has 0 saturated carbocycles. The third kappa shape index (κ3) is 3.47. The Morgan fingerprint density at radius 1 is 1.26 bits per heavy atom. The van der Waals surface area contributed by atoms with E-state index in [4.69, 9.17) is 10.5 Å². The van der Waals surface area contributed by atoms with Gasteiger partial charge in [-0.05, 0) is 12.5 Å². The van der Waals surface area contributed by atoms with Crippen molar-refractivity contribution < 1.29 is 9.53 Å². The summed E-state index contributed by atoms with van der Waals surface area (Å²) >= 11 is 0. The summed E-state index contributed by atoms with van der Waals surface area (Å²) in [6.07, 6.45) is 6.10. The van der Waals surface area contributed by atoms with E-state index < -0.39 is 6.04 Å². The maximum absolute atomic E-state index is 11.4. The van der Waals surface area contributed by atoms with Crippen LogP contribution < -0.4 is 15.8 Å². The number of ether oxygens (including phenoxy) is 1. The number of nitrogens with one attached hydrogen (secondary N) is 1. The van der Waals surface area contributed by atoms with Crippen LogP contribution in [-0.4, -0.2) is 12.5 Å². The van der Waals surface area contributed by atoms with Crippen LogP contribution >= 0.6 is 0 Å². The van der Waals surface area contributed by atoms with Crippen LogP contribution in [0.4, 0.5) is 5.69 Å². The molecule has 1 aliphatic heterocycles. The minimum Gasteiger partial charge on any atom is -0.494 e. The van der Waals surface area contributed by atoms with Crippen molar-refractivity contribution >= 4 is 11.6 Å². The average molecular weight is 262 g/mol. The number of nitrogens with two attached hydrogens (primary N) is 1. The van der Waals surface area contributed by atoms with Gasteiger partial charge in [0.2, 0.25) is 5.91 Å². The van der Waals surface area contributed by atoms with Gasteiger partial charge in [0, 0.05) is 17.3 Å². The summed E-state index contributed by atoms with van der Waals surface area (Å²) in [6, 6.07) is 5.06. The Hall–Kier alpha value is -1.55. The zero-order valence-electron chi connectivity index (χ0n) is 11.4. The molecule has 0 aromatic heterocycles. The number of anilines is 1. The number of fused-ring (bicyclic) bond motifs is 1. The molecule has 0 fully saturated rings. The quantitative estimate of drug-likeness (QED) is 0.742. The average Bonchev–Trinajstić information content (AvgIpc) is 2.69. The van der Waals surface area contributed by atoms with Crippen molar-refractivity contribution in [1.29, 1.82) is 0 Å². The summed E-state index contributed by atoms with van der Waals surface area (Å²) < 4.78 is 5.69. The van der Waals surface area contributed by atoms with Gasteiger partial charge in [-0.1, -0.05) is 38.7 Å². The molecule has 3 N–H and O–H groups in total. The van der Waals surface area contributed by atoms with Crippen molar-refractivity contribution in [3.63, 3.8) is 0 Å². The molecule has 1 amide bonds. The summed E-state index contributed by atoms with van der Waals surface area (Å²) in [6.45, 7) is 2.93. The number of carbonyl (C=O) groups excluding carboxylic acids is 1. The fraction of sp³-hybridized carbons (Fsp3) is 0.533. The molecule has 0 bridgehead atoms. The predicted molar refractivity (Wildman–Crippen MR) is 76.3 cm³/mol. The molecular weight excluding hydrogens is 240 g/mol. The second-order valence-corrected chi connectivity index (χ2v) is 4.98. The number of rotatable bonds is 7. The van der Waals surface area contributed by atoms with Crippen molar-refractivity contribution in [3.8, 4) is 5.75 Å². The summed E-state index contributed by atoms with van der Waals surface area (Å²) in [5, 5.41) is 2.76. The maximum Gasteiger partial charge on any atom is 0.245 e. The highest BCUT2D eigenvalue weighted by atomic mass is 16.5. The Morgan fingerprint density at radius 3 is 2.84 bits per heavy atom. The minimum atomic E-state index is -0.543. The topological polar surface area (TPSA) is 64.3 Å². The predicted octanol–water partition coefficient (Wildman–Crippen LogP) is 2.99. The van der Waals surface area contributed by atoms with Gasteiger partial charge >= 0.3 is 0 Å². The highest BCUT2D eigenvalue weighted by Gasteiger charge is 2.27. The Kier molecular flexibility index (Phi) is 4.80. The van der Waals surface area contributed by atoms with E-state index in [1.54, 1.807) is 0 Å². The van der Waals surface area contributed by atoms with Crippen LogP contribution in [0, 0.1) is 0 Å². The molecular formula is C15H22N2O2. The van der Waals surface area contributed by atoms with E-state index in [0.29, 0.717) is 0 Å². The lowest BCUT2D eigenvalue weighted by molar-refractivity contribution is -0.116. The lowest BCUT2D eigenvalue weighted by Gasteiger charge is -2.08. The smallest absolute Gasteiger partial charge is 0.245 e. The van der Waals surface area contributed by atoms with Crippen LogP contribution in [0.1, 0.15) is 50.6 Å². The third-order valence-corrected chi connectivity index (χ3v) is 3.42. The van der Waals surface area contributed by atoms with Crippen LogP contribution in [0.2, 0.25) is 0 Å². The maximum atomic E-state index is 11.4. The van der Waals surface area contributed by atoms with Gasteiger partial charge < -0.3 is 15.8 Å². The van der Waals surface area contributed by atoms with Gasteiger partial charge in [-0.25, -0.2) is 0 Å². The van der Waals surface area contributed by atoms with E-state index in [0.717, 1.165) is 30.0 Å². The van der Waals surface area contributed by atoms with Gasteiger partial charge in [-0.15, -0.1) is 0 Å². The number of amides is 1. The molecule has 104 valence electrons. The molecule has 0 radical (unpaired) electrons. The van der Waals surface area contributed by atoms with Gasteiger partial charge in [0.1, 0.15) is 11.8 Å². The lowest BCUT2D eigenvalue weighted by atomic mass is 10.1. The van der Waals surface area contributed by atoms with Gasteiger partial charge in [-0.2, -0.15) is 0 Å². The van der Waals surface area contributed by atoms with E-state index in [9.17, 15) is 4.79 Å². The van der Waals surface area contributed by atoms with Gasteiger partial charge in [0.15, 0.2) is 0 Å². The first-order chi connectivity index (χ1) is 9.22. The Labute approximate surface area is 114 Å². The van der Waals surface area contributed by atoms with Gasteiger partial charge in [0.05, 0.1) is 6.61 Å². The fourth-order valence-electron chi connectivity index (χ4n) is 2.25. The summed E-state index contributed by atoms with van der Waals surface area (Å²) in [5.41, 5.74) is 7.38. The van der Waals surface area contributed by atoms with Crippen LogP contribution in [-0.2, 0) is 4.79 Å². The number of hydrogen-bond donors (Lipinski definition) is 2. The zero-order chi connectivity index (χ0) is 13.7. The number of hydrogen-bond acceptors (Lipinski definition) is 3. The highest BCUT2D eigenvalue weighted by Crippen LogP contribution is 2.32. The molecule has 1 aromatic carbocycles. The third-order valence-electron chi connectivity index (χ3n) is 3.42. The molecule has 4 nitrogen and oxygen atoms in total. The van der Waals surface area contributed by atoms with E-state index >= 15 is 0 Å². The first-order valence-corrected chi connectivity index (χ1v) is 7.05. The molecule has 1 aromatic rings. The standard InChI is InChI=1S/C15H22N2O2/c1-2-3-4-5-6-9-19-11-7-8-12-13(10-11)17-15(18)14(12)16/h7-8,10,14H,2-6,9,16H2,1H3,(H,17,18). The molecule has 0 saturated heterocycles. The minimum absolute atomic E-state index is 0.147. The number of carbonyl (C=O) groups is 1. The lowest BCUT2D eigenvalue weighted by Crippen LogP contribution is -2.19. The van der Waals surface area contributed by atoms with E-state index in [1.165, 1.54) is 25.7 Å². The molecule has 0 spiro atoms. The molecule has 4 heteroatoms. The molecule has 1 aliphatic rings. The Morgan fingerprint density at radius 2 is 2.05 bits per heavy atom. The molecule has 19 heavy (non-hydrogen) atoms. The molecule has 1 unspecified atom stereocenters. The van der Waals surface area contributed by atoms with Crippen LogP contribution in [0.3, 0.4) is 0 Å². The summed E-state index contributed by atoms with van der Waals surface area (Å²) in [5.74, 6) is 0.648. The highest BCUT2D eigenvalue weighted by molar-refractivity contribution is 6.02. The normalized spacial score (nSPS) is 17.2. The van der Waals surface area contributed by atoms with Crippen molar-refractivity contribution in [2.45, 2.75) is 45.1 Å². The number of benzene rings is 1. The summed E-state index contributed by atoms with van der Waals surface area (Å²) in [4.78, 5) is 11.4. The first kappa shape index (κ1) is 13.9. The van der Waals surface area contributed by atoms with Crippen molar-refractivity contribution in [2.75, 3.05) is 11.9 Å². The van der Waals surface area contributed by atoms with E-state index in [2.05, 4.69) is 12.2 Å². The monoisotopic (exact) mass is 262 g/mol. The first-order valence-electron chi connectivity index (χ1n) is 7.05. The largest absolute Gasteiger partial charge is 0.494 e. The summed E-state index contributed by atoms with van der Waals surface area (Å²) in [7, 11) is 0. The second kappa shape index (κ2) is 6.57. The number of unbranched alkanes of at least 4 members (excludes halogenated alkanes) is 4. The van der Waals surface area contributed by atoms with Gasteiger partial charge in [0.25, 0.3) is 0 Å².